The van der Waals surface area contributed by atoms with Crippen molar-refractivity contribution in [3.63, 3.8) is 0 Å². The summed E-state index contributed by atoms with van der Waals surface area (Å²) >= 11 is 8.29. The first kappa shape index (κ1) is 13.8. The van der Waals surface area contributed by atoms with Crippen LogP contribution in [-0.4, -0.2) is 7.05 Å². The molecule has 0 aromatic heterocycles. The lowest BCUT2D eigenvalue weighted by molar-refractivity contribution is 0.616. The second-order valence-corrected chi connectivity index (χ2v) is 5.54. The lowest BCUT2D eigenvalue weighted by Crippen LogP contribution is -2.18. The standard InChI is InChI=1S/C14H12ClFIN/c1-18-14(9-3-2-4-11(16)7-9)12-8-10(15)5-6-13(12)17/h2-8,14,18H,1H3. The molecular formula is C14H12ClFIN. The van der Waals surface area contributed by atoms with Crippen LogP contribution in [0, 0.1) is 9.39 Å². The van der Waals surface area contributed by atoms with Gasteiger partial charge in [0, 0.05) is 8.59 Å². The lowest BCUT2D eigenvalue weighted by Gasteiger charge is -2.19. The van der Waals surface area contributed by atoms with Crippen molar-refractivity contribution in [2.75, 3.05) is 7.05 Å². The average molecular weight is 376 g/mol. The third kappa shape index (κ3) is 3.02. The monoisotopic (exact) mass is 375 g/mol. The van der Waals surface area contributed by atoms with Crippen LogP contribution in [-0.2, 0) is 0 Å². The third-order valence-electron chi connectivity index (χ3n) is 2.74. The van der Waals surface area contributed by atoms with Crippen LogP contribution in [0.5, 0.6) is 0 Å². The summed E-state index contributed by atoms with van der Waals surface area (Å²) in [4.78, 5) is 0. The lowest BCUT2D eigenvalue weighted by atomic mass is 9.99. The van der Waals surface area contributed by atoms with Crippen LogP contribution in [0.25, 0.3) is 0 Å². The van der Waals surface area contributed by atoms with E-state index in [1.54, 1.807) is 6.07 Å². The van der Waals surface area contributed by atoms with Crippen LogP contribution in [0.15, 0.2) is 42.5 Å². The molecule has 0 saturated heterocycles. The molecule has 1 atom stereocenters. The number of hydrogen-bond donors (Lipinski definition) is 1. The second kappa shape index (κ2) is 5.99. The van der Waals surface area contributed by atoms with Gasteiger partial charge >= 0.3 is 0 Å². The van der Waals surface area contributed by atoms with E-state index in [2.05, 4.69) is 27.9 Å². The first-order valence-corrected chi connectivity index (χ1v) is 6.95. The zero-order chi connectivity index (χ0) is 13.1. The molecule has 0 amide bonds. The molecule has 2 aromatic carbocycles. The summed E-state index contributed by atoms with van der Waals surface area (Å²) in [5.41, 5.74) is 1.94. The van der Waals surface area contributed by atoms with Gasteiger partial charge in [0.15, 0.2) is 0 Å². The molecule has 0 aliphatic rings. The fraction of sp³-hybridized carbons (Fsp3) is 0.143. The van der Waals surface area contributed by atoms with E-state index in [0.29, 0.717) is 5.02 Å². The Morgan fingerprint density at radius 2 is 2.00 bits per heavy atom. The first-order valence-electron chi connectivity index (χ1n) is 5.49. The summed E-state index contributed by atoms with van der Waals surface area (Å²) in [7, 11) is 1.85. The minimum atomic E-state index is -0.232. The highest BCUT2D eigenvalue weighted by molar-refractivity contribution is 14.1. The molecule has 0 fully saturated rings. The zero-order valence-corrected chi connectivity index (χ0v) is 12.7. The van der Waals surface area contributed by atoms with Gasteiger partial charge in [0.1, 0.15) is 5.82 Å². The number of benzene rings is 2. The second-order valence-electron chi connectivity index (χ2n) is 3.94. The Bertz CT molecular complexity index is 559. The van der Waals surface area contributed by atoms with E-state index >= 15 is 0 Å². The highest BCUT2D eigenvalue weighted by atomic mass is 127. The van der Waals surface area contributed by atoms with Gasteiger partial charge in [0.25, 0.3) is 0 Å². The van der Waals surface area contributed by atoms with E-state index in [4.69, 9.17) is 11.6 Å². The van der Waals surface area contributed by atoms with E-state index in [9.17, 15) is 4.39 Å². The Hall–Kier alpha value is -0.650. The summed E-state index contributed by atoms with van der Waals surface area (Å²) in [6.07, 6.45) is 0. The number of nitrogens with one attached hydrogen (secondary N) is 1. The van der Waals surface area contributed by atoms with Gasteiger partial charge in [-0.25, -0.2) is 4.39 Å². The highest BCUT2D eigenvalue weighted by Crippen LogP contribution is 2.28. The van der Waals surface area contributed by atoms with Crippen LogP contribution in [0.2, 0.25) is 5.02 Å². The SMILES string of the molecule is CNC(c1cccc(F)c1)c1cc(Cl)ccc1I. The predicted octanol–water partition coefficient (Wildman–Crippen LogP) is 4.39. The molecule has 1 unspecified atom stereocenters. The molecular weight excluding hydrogens is 364 g/mol. The van der Waals surface area contributed by atoms with Crippen molar-refractivity contribution < 1.29 is 4.39 Å². The van der Waals surface area contributed by atoms with Crippen molar-refractivity contribution in [1.82, 2.24) is 5.32 Å². The molecule has 0 aliphatic carbocycles. The Kier molecular flexibility index (Phi) is 4.59. The molecule has 0 bridgehead atoms. The fourth-order valence-corrected chi connectivity index (χ4v) is 2.75. The van der Waals surface area contributed by atoms with E-state index in [-0.39, 0.29) is 11.9 Å². The Balaban J connectivity index is 2.48. The van der Waals surface area contributed by atoms with Gasteiger partial charge in [-0.1, -0.05) is 23.7 Å². The van der Waals surface area contributed by atoms with Crippen molar-refractivity contribution in [2.45, 2.75) is 6.04 Å². The average Bonchev–Trinajstić information content (AvgIpc) is 2.35. The molecule has 0 spiro atoms. The normalized spacial score (nSPS) is 12.4. The summed E-state index contributed by atoms with van der Waals surface area (Å²) in [5.74, 6) is -0.232. The van der Waals surface area contributed by atoms with Gasteiger partial charge in [0.2, 0.25) is 0 Å². The van der Waals surface area contributed by atoms with Crippen molar-refractivity contribution in [3.8, 4) is 0 Å². The Labute approximate surface area is 124 Å². The predicted molar refractivity (Wildman–Crippen MR) is 81.5 cm³/mol. The van der Waals surface area contributed by atoms with Gasteiger partial charge in [-0.2, -0.15) is 0 Å². The van der Waals surface area contributed by atoms with Crippen molar-refractivity contribution in [3.05, 3.63) is 68.0 Å². The molecule has 1 nitrogen and oxygen atoms in total. The van der Waals surface area contributed by atoms with Crippen LogP contribution in [0.4, 0.5) is 4.39 Å². The quantitative estimate of drug-likeness (QED) is 0.785. The molecule has 2 aromatic rings. The minimum absolute atomic E-state index is 0.0636. The van der Waals surface area contributed by atoms with E-state index in [1.165, 1.54) is 12.1 Å². The topological polar surface area (TPSA) is 12.0 Å². The molecule has 94 valence electrons. The summed E-state index contributed by atoms with van der Waals surface area (Å²) < 4.78 is 14.4. The smallest absolute Gasteiger partial charge is 0.123 e. The first-order chi connectivity index (χ1) is 8.61. The van der Waals surface area contributed by atoms with Gasteiger partial charge in [0.05, 0.1) is 6.04 Å². The highest BCUT2D eigenvalue weighted by Gasteiger charge is 2.15. The minimum Gasteiger partial charge on any atom is -0.309 e. The van der Waals surface area contributed by atoms with Crippen LogP contribution in [0.3, 0.4) is 0 Å². The zero-order valence-electron chi connectivity index (χ0n) is 9.75. The van der Waals surface area contributed by atoms with Crippen LogP contribution < -0.4 is 5.32 Å². The number of rotatable bonds is 3. The van der Waals surface area contributed by atoms with E-state index in [1.807, 2.05) is 31.3 Å². The van der Waals surface area contributed by atoms with Crippen molar-refractivity contribution in [1.29, 1.82) is 0 Å². The van der Waals surface area contributed by atoms with Crippen LogP contribution >= 0.6 is 34.2 Å². The van der Waals surface area contributed by atoms with Gasteiger partial charge in [-0.05, 0) is 71.1 Å². The molecule has 18 heavy (non-hydrogen) atoms. The molecule has 2 rings (SSSR count). The molecule has 1 N–H and O–H groups in total. The maximum Gasteiger partial charge on any atom is 0.123 e. The van der Waals surface area contributed by atoms with Crippen molar-refractivity contribution >= 4 is 34.2 Å². The molecule has 0 radical (unpaired) electrons. The molecule has 0 aliphatic heterocycles. The molecule has 0 saturated carbocycles. The number of halogens is 3. The third-order valence-corrected chi connectivity index (χ3v) is 3.96. The maximum atomic E-state index is 13.3. The summed E-state index contributed by atoms with van der Waals surface area (Å²) in [5, 5.41) is 3.88. The molecule has 4 heteroatoms. The van der Waals surface area contributed by atoms with Gasteiger partial charge in [-0.15, -0.1) is 0 Å². The maximum absolute atomic E-state index is 13.3. The Morgan fingerprint density at radius 1 is 1.22 bits per heavy atom. The van der Waals surface area contributed by atoms with Crippen LogP contribution in [0.1, 0.15) is 17.2 Å². The molecule has 0 heterocycles. The van der Waals surface area contributed by atoms with Crippen molar-refractivity contribution in [2.24, 2.45) is 0 Å². The van der Waals surface area contributed by atoms with E-state index < -0.39 is 0 Å². The number of hydrogen-bond acceptors (Lipinski definition) is 1. The summed E-state index contributed by atoms with van der Waals surface area (Å²) in [6.45, 7) is 0. The van der Waals surface area contributed by atoms with Gasteiger partial charge in [-0.3, -0.25) is 0 Å². The van der Waals surface area contributed by atoms with E-state index in [0.717, 1.165) is 14.7 Å². The largest absolute Gasteiger partial charge is 0.309 e. The fourth-order valence-electron chi connectivity index (χ4n) is 1.92. The summed E-state index contributed by atoms with van der Waals surface area (Å²) in [6, 6.07) is 12.3. The van der Waals surface area contributed by atoms with Gasteiger partial charge < -0.3 is 5.32 Å². The Morgan fingerprint density at radius 3 is 2.67 bits per heavy atom.